The van der Waals surface area contributed by atoms with Crippen LogP contribution in [0.15, 0.2) is 47.2 Å². The van der Waals surface area contributed by atoms with Crippen LogP contribution in [-0.4, -0.2) is 17.5 Å². The van der Waals surface area contributed by atoms with Crippen molar-refractivity contribution in [1.82, 2.24) is 4.98 Å². The van der Waals surface area contributed by atoms with E-state index >= 15 is 0 Å². The Morgan fingerprint density at radius 1 is 1.10 bits per heavy atom. The predicted molar refractivity (Wildman–Crippen MR) is 120 cm³/mol. The van der Waals surface area contributed by atoms with Crippen molar-refractivity contribution in [3.8, 4) is 11.5 Å². The Morgan fingerprint density at radius 3 is 2.32 bits per heavy atom. The van der Waals surface area contributed by atoms with Crippen LogP contribution >= 0.6 is 23.2 Å². The fraction of sp³-hybridized carbons (Fsp3) is 0.304. The van der Waals surface area contributed by atoms with Crippen LogP contribution in [0.2, 0.25) is 10.0 Å². The van der Waals surface area contributed by atoms with E-state index in [9.17, 15) is 4.79 Å². The van der Waals surface area contributed by atoms with Gasteiger partial charge >= 0.3 is 0 Å². The van der Waals surface area contributed by atoms with Gasteiger partial charge in [0, 0.05) is 5.41 Å². The van der Waals surface area contributed by atoms with Gasteiger partial charge in [-0.2, -0.15) is 0 Å². The molecule has 2 aromatic carbocycles. The molecule has 6 nitrogen and oxygen atoms in total. The summed E-state index contributed by atoms with van der Waals surface area (Å²) in [6, 6.07) is 11.4. The number of nitrogens with two attached hydrogens (primary N) is 1. The molecular formula is C23H24Cl2N2O4. The van der Waals surface area contributed by atoms with Crippen LogP contribution in [0.3, 0.4) is 0 Å². The Balaban J connectivity index is 1.76. The van der Waals surface area contributed by atoms with E-state index in [2.05, 4.69) is 18.8 Å². The molecule has 3 aromatic rings. The number of oxazole rings is 1. The second kappa shape index (κ2) is 9.62. The van der Waals surface area contributed by atoms with Crippen LogP contribution in [0.5, 0.6) is 11.5 Å². The number of benzene rings is 2. The molecule has 0 atom stereocenters. The molecule has 0 saturated heterocycles. The first-order valence-corrected chi connectivity index (χ1v) is 10.6. The van der Waals surface area contributed by atoms with Gasteiger partial charge in [-0.1, -0.05) is 56.1 Å². The standard InChI is InChI=1S/C23H24Cl2N2O4/c1-4-9-29-21-17(24)10-15(11-18(21)25)23(2,3)14-5-7-16(8-6-14)30-12-19-20(22(26)28)27-13-31-19/h5-8,10-11,13H,4,9,12H2,1-3H3,(H2,26,28). The van der Waals surface area contributed by atoms with E-state index in [1.165, 1.54) is 6.39 Å². The molecule has 0 aliphatic carbocycles. The van der Waals surface area contributed by atoms with Crippen molar-refractivity contribution < 1.29 is 18.7 Å². The number of amides is 1. The van der Waals surface area contributed by atoms with E-state index in [0.29, 0.717) is 28.2 Å². The number of nitrogens with zero attached hydrogens (tertiary/aromatic N) is 1. The van der Waals surface area contributed by atoms with Gasteiger partial charge in [0.15, 0.2) is 23.6 Å². The van der Waals surface area contributed by atoms with Crippen molar-refractivity contribution in [3.05, 3.63) is 75.4 Å². The number of aromatic nitrogens is 1. The highest BCUT2D eigenvalue weighted by Crippen LogP contribution is 2.40. The fourth-order valence-corrected chi connectivity index (χ4v) is 3.72. The zero-order chi connectivity index (χ0) is 22.6. The highest BCUT2D eigenvalue weighted by Gasteiger charge is 2.26. The summed E-state index contributed by atoms with van der Waals surface area (Å²) in [5.41, 5.74) is 6.98. The molecule has 0 fully saturated rings. The van der Waals surface area contributed by atoms with E-state index in [-0.39, 0.29) is 23.5 Å². The van der Waals surface area contributed by atoms with Crippen LogP contribution in [-0.2, 0) is 12.0 Å². The predicted octanol–water partition coefficient (Wildman–Crippen LogP) is 5.77. The molecule has 3 rings (SSSR count). The zero-order valence-corrected chi connectivity index (χ0v) is 19.1. The maximum Gasteiger partial charge on any atom is 0.271 e. The maximum absolute atomic E-state index is 11.3. The molecule has 0 radical (unpaired) electrons. The fourth-order valence-electron chi connectivity index (χ4n) is 3.12. The van der Waals surface area contributed by atoms with Gasteiger partial charge < -0.3 is 19.6 Å². The highest BCUT2D eigenvalue weighted by atomic mass is 35.5. The Hall–Kier alpha value is -2.70. The molecule has 31 heavy (non-hydrogen) atoms. The van der Waals surface area contributed by atoms with Gasteiger partial charge in [-0.25, -0.2) is 4.98 Å². The third-order valence-corrected chi connectivity index (χ3v) is 5.55. The summed E-state index contributed by atoms with van der Waals surface area (Å²) in [4.78, 5) is 15.1. The van der Waals surface area contributed by atoms with E-state index < -0.39 is 5.91 Å². The number of ether oxygens (including phenoxy) is 2. The van der Waals surface area contributed by atoms with Crippen molar-refractivity contribution in [2.24, 2.45) is 5.73 Å². The van der Waals surface area contributed by atoms with Gasteiger partial charge in [0.1, 0.15) is 12.4 Å². The minimum Gasteiger partial charge on any atom is -0.490 e. The van der Waals surface area contributed by atoms with Crippen molar-refractivity contribution in [1.29, 1.82) is 0 Å². The minimum absolute atomic E-state index is 0.0471. The number of hydrogen-bond donors (Lipinski definition) is 1. The molecule has 1 aromatic heterocycles. The van der Waals surface area contributed by atoms with E-state index in [1.807, 2.05) is 43.3 Å². The van der Waals surface area contributed by atoms with Gasteiger partial charge in [-0.15, -0.1) is 0 Å². The molecule has 0 unspecified atom stereocenters. The van der Waals surface area contributed by atoms with Crippen molar-refractivity contribution in [2.45, 2.75) is 39.2 Å². The molecule has 1 heterocycles. The molecule has 1 amide bonds. The summed E-state index contributed by atoms with van der Waals surface area (Å²) in [7, 11) is 0. The largest absolute Gasteiger partial charge is 0.490 e. The topological polar surface area (TPSA) is 87.6 Å². The minimum atomic E-state index is -0.659. The Labute approximate surface area is 191 Å². The average Bonchev–Trinajstić information content (AvgIpc) is 3.21. The van der Waals surface area contributed by atoms with Crippen LogP contribution in [0.25, 0.3) is 0 Å². The lowest BCUT2D eigenvalue weighted by molar-refractivity contribution is 0.0992. The third kappa shape index (κ3) is 5.14. The van der Waals surface area contributed by atoms with Gasteiger partial charge in [-0.3, -0.25) is 4.79 Å². The second-order valence-electron chi connectivity index (χ2n) is 7.54. The number of hydrogen-bond acceptors (Lipinski definition) is 5. The lowest BCUT2D eigenvalue weighted by Gasteiger charge is -2.27. The quantitative estimate of drug-likeness (QED) is 0.435. The van der Waals surface area contributed by atoms with Crippen molar-refractivity contribution in [3.63, 3.8) is 0 Å². The first kappa shape index (κ1) is 23.0. The molecule has 2 N–H and O–H groups in total. The number of halogens is 2. The van der Waals surface area contributed by atoms with Gasteiger partial charge in [-0.05, 0) is 41.8 Å². The summed E-state index contributed by atoms with van der Waals surface area (Å²) in [6.45, 7) is 6.80. The van der Waals surface area contributed by atoms with Crippen molar-refractivity contribution >= 4 is 29.1 Å². The molecule has 0 saturated carbocycles. The first-order chi connectivity index (χ1) is 14.7. The third-order valence-electron chi connectivity index (χ3n) is 4.99. The van der Waals surface area contributed by atoms with E-state index in [0.717, 1.165) is 17.5 Å². The zero-order valence-electron chi connectivity index (χ0n) is 17.6. The first-order valence-electron chi connectivity index (χ1n) is 9.81. The summed E-state index contributed by atoms with van der Waals surface area (Å²) in [6.07, 6.45) is 2.04. The monoisotopic (exact) mass is 462 g/mol. The molecule has 0 bridgehead atoms. The molecule has 0 spiro atoms. The van der Waals surface area contributed by atoms with E-state index in [4.69, 9.17) is 42.8 Å². The number of primary amides is 1. The number of rotatable bonds is 9. The van der Waals surface area contributed by atoms with E-state index in [1.54, 1.807) is 0 Å². The van der Waals surface area contributed by atoms with Crippen LogP contribution in [0.1, 0.15) is 54.6 Å². The smallest absolute Gasteiger partial charge is 0.271 e. The lowest BCUT2D eigenvalue weighted by Crippen LogP contribution is -2.19. The molecule has 0 aliphatic heterocycles. The average molecular weight is 463 g/mol. The summed E-state index contributed by atoms with van der Waals surface area (Å²) in [5, 5.41) is 0.975. The highest BCUT2D eigenvalue weighted by molar-refractivity contribution is 6.37. The summed E-state index contributed by atoms with van der Waals surface area (Å²) < 4.78 is 16.5. The SMILES string of the molecule is CCCOc1c(Cl)cc(C(C)(C)c2ccc(OCc3ocnc3C(N)=O)cc2)cc1Cl. The normalized spacial score (nSPS) is 11.4. The Kier molecular flexibility index (Phi) is 7.13. The van der Waals surface area contributed by atoms with Crippen molar-refractivity contribution in [2.75, 3.05) is 6.61 Å². The molecule has 8 heteroatoms. The Morgan fingerprint density at radius 2 is 1.74 bits per heavy atom. The van der Waals surface area contributed by atoms with Crippen LogP contribution in [0, 0.1) is 0 Å². The van der Waals surface area contributed by atoms with Gasteiger partial charge in [0.05, 0.1) is 16.7 Å². The summed E-state index contributed by atoms with van der Waals surface area (Å²) >= 11 is 12.9. The number of carbonyl (C=O) groups excluding carboxylic acids is 1. The Bertz CT molecular complexity index is 1040. The molecular weight excluding hydrogens is 439 g/mol. The maximum atomic E-state index is 11.3. The lowest BCUT2D eigenvalue weighted by atomic mass is 9.78. The summed E-state index contributed by atoms with van der Waals surface area (Å²) in [5.74, 6) is 0.751. The van der Waals surface area contributed by atoms with Gasteiger partial charge in [0.25, 0.3) is 5.91 Å². The van der Waals surface area contributed by atoms with Gasteiger partial charge in [0.2, 0.25) is 0 Å². The van der Waals surface area contributed by atoms with Crippen LogP contribution < -0.4 is 15.2 Å². The van der Waals surface area contributed by atoms with Crippen LogP contribution in [0.4, 0.5) is 0 Å². The second-order valence-corrected chi connectivity index (χ2v) is 8.36. The molecule has 164 valence electrons. The molecule has 0 aliphatic rings. The number of carbonyl (C=O) groups is 1.